The summed E-state index contributed by atoms with van der Waals surface area (Å²) in [6.45, 7) is 0. The van der Waals surface area contributed by atoms with E-state index in [-0.39, 0.29) is 16.3 Å². The molecule has 0 radical (unpaired) electrons. The Labute approximate surface area is 118 Å². The van der Waals surface area contributed by atoms with E-state index in [1.54, 1.807) is 16.8 Å². The fourth-order valence-corrected chi connectivity index (χ4v) is 3.23. The van der Waals surface area contributed by atoms with E-state index in [4.69, 9.17) is 5.84 Å². The van der Waals surface area contributed by atoms with Gasteiger partial charge in [0.25, 0.3) is 15.7 Å². The summed E-state index contributed by atoms with van der Waals surface area (Å²) in [5, 5.41) is 14.1. The van der Waals surface area contributed by atoms with Gasteiger partial charge in [-0.05, 0) is 23.6 Å². The Morgan fingerprint density at radius 2 is 2.05 bits per heavy atom. The first-order valence-electron chi connectivity index (χ1n) is 5.24. The second-order valence-corrected chi connectivity index (χ2v) is 6.16. The largest absolute Gasteiger partial charge is 0.318 e. The van der Waals surface area contributed by atoms with E-state index >= 15 is 0 Å². The zero-order valence-corrected chi connectivity index (χ0v) is 11.6. The van der Waals surface area contributed by atoms with Crippen LogP contribution in [0.5, 0.6) is 0 Å². The zero-order valence-electron chi connectivity index (χ0n) is 9.94. The second kappa shape index (κ2) is 5.45. The quantitative estimate of drug-likeness (QED) is 0.438. The Balaban J connectivity index is 2.40. The number of nitrogen functional groups attached to an aromatic ring is 1. The van der Waals surface area contributed by atoms with Gasteiger partial charge >= 0.3 is 0 Å². The van der Waals surface area contributed by atoms with Crippen molar-refractivity contribution in [3.8, 4) is 0 Å². The molecule has 0 bridgehead atoms. The molecule has 0 aliphatic heterocycles. The van der Waals surface area contributed by atoms with Crippen LogP contribution in [0, 0.1) is 10.1 Å². The van der Waals surface area contributed by atoms with Crippen molar-refractivity contribution in [2.75, 3.05) is 10.1 Å². The van der Waals surface area contributed by atoms with E-state index in [2.05, 4.69) is 10.1 Å². The van der Waals surface area contributed by atoms with Crippen LogP contribution in [0.2, 0.25) is 0 Å². The molecule has 0 aliphatic rings. The fourth-order valence-electron chi connectivity index (χ4n) is 1.49. The van der Waals surface area contributed by atoms with Crippen molar-refractivity contribution in [3.63, 3.8) is 0 Å². The predicted molar refractivity (Wildman–Crippen MR) is 76.0 cm³/mol. The minimum Gasteiger partial charge on any atom is -0.318 e. The third kappa shape index (κ3) is 2.87. The van der Waals surface area contributed by atoms with Crippen molar-refractivity contribution in [2.45, 2.75) is 4.90 Å². The number of sulfonamides is 1. The molecule has 0 unspecified atom stereocenters. The molecule has 0 fully saturated rings. The van der Waals surface area contributed by atoms with Crippen LogP contribution in [0.15, 0.2) is 39.9 Å². The highest BCUT2D eigenvalue weighted by Crippen LogP contribution is 2.27. The number of nitro groups is 1. The van der Waals surface area contributed by atoms with Crippen LogP contribution in [0.1, 0.15) is 0 Å². The van der Waals surface area contributed by atoms with E-state index in [9.17, 15) is 18.5 Å². The number of benzene rings is 1. The second-order valence-electron chi connectivity index (χ2n) is 3.70. The first-order chi connectivity index (χ1) is 9.44. The summed E-state index contributed by atoms with van der Waals surface area (Å²) in [7, 11) is -3.82. The van der Waals surface area contributed by atoms with Gasteiger partial charge in [0.1, 0.15) is 5.69 Å². The van der Waals surface area contributed by atoms with Crippen LogP contribution in [0.4, 0.5) is 17.1 Å². The molecule has 2 aromatic rings. The van der Waals surface area contributed by atoms with Gasteiger partial charge in [0, 0.05) is 11.4 Å². The van der Waals surface area contributed by atoms with E-state index < -0.39 is 14.9 Å². The lowest BCUT2D eigenvalue weighted by atomic mass is 10.3. The van der Waals surface area contributed by atoms with Crippen molar-refractivity contribution in [2.24, 2.45) is 5.84 Å². The lowest BCUT2D eigenvalue weighted by Crippen LogP contribution is -2.14. The molecule has 0 saturated carbocycles. The average Bonchev–Trinajstić information content (AvgIpc) is 2.89. The maximum absolute atomic E-state index is 12.1. The lowest BCUT2D eigenvalue weighted by molar-refractivity contribution is -0.384. The molecule has 1 aromatic carbocycles. The van der Waals surface area contributed by atoms with Gasteiger partial charge < -0.3 is 5.43 Å². The fraction of sp³-hybridized carbons (Fsp3) is 0. The van der Waals surface area contributed by atoms with E-state index in [1.165, 1.54) is 11.3 Å². The highest BCUT2D eigenvalue weighted by molar-refractivity contribution is 7.92. The maximum Gasteiger partial charge on any atom is 0.293 e. The number of rotatable bonds is 5. The maximum atomic E-state index is 12.1. The number of anilines is 2. The zero-order chi connectivity index (χ0) is 14.8. The molecule has 10 heteroatoms. The number of nitrogens with one attached hydrogen (secondary N) is 2. The number of nitrogens with zero attached hydrogens (tertiary/aromatic N) is 1. The summed E-state index contributed by atoms with van der Waals surface area (Å²) in [5.41, 5.74) is 2.16. The van der Waals surface area contributed by atoms with Crippen molar-refractivity contribution in [1.29, 1.82) is 0 Å². The SMILES string of the molecule is NNc1cc(S(=O)(=O)Nc2ccsc2)ccc1[N+](=O)[O-]. The third-order valence-corrected chi connectivity index (χ3v) is 4.47. The molecular formula is C10H10N4O4S2. The normalized spacial score (nSPS) is 11.1. The molecule has 0 spiro atoms. The summed E-state index contributed by atoms with van der Waals surface area (Å²) in [4.78, 5) is 9.97. The molecule has 1 heterocycles. The Hall–Kier alpha value is -2.17. The van der Waals surface area contributed by atoms with Gasteiger partial charge in [-0.2, -0.15) is 11.3 Å². The van der Waals surface area contributed by atoms with Crippen molar-refractivity contribution < 1.29 is 13.3 Å². The number of hydrazine groups is 1. The summed E-state index contributed by atoms with van der Waals surface area (Å²) < 4.78 is 26.6. The minimum atomic E-state index is -3.82. The van der Waals surface area contributed by atoms with Gasteiger partial charge in [0.2, 0.25) is 0 Å². The van der Waals surface area contributed by atoms with Gasteiger partial charge in [-0.15, -0.1) is 0 Å². The molecule has 4 N–H and O–H groups in total. The number of hydrogen-bond donors (Lipinski definition) is 3. The number of nitrogens with two attached hydrogens (primary N) is 1. The Bertz CT molecular complexity index is 728. The molecule has 106 valence electrons. The van der Waals surface area contributed by atoms with E-state index in [0.717, 1.165) is 18.2 Å². The van der Waals surface area contributed by atoms with Crippen LogP contribution in [-0.2, 0) is 10.0 Å². The number of thiophene rings is 1. The predicted octanol–water partition coefficient (Wildman–Crippen LogP) is 1.74. The summed E-state index contributed by atoms with van der Waals surface area (Å²) in [6, 6.07) is 4.94. The van der Waals surface area contributed by atoms with Crippen LogP contribution in [0.3, 0.4) is 0 Å². The first kappa shape index (κ1) is 14.2. The van der Waals surface area contributed by atoms with Gasteiger partial charge in [0.05, 0.1) is 15.5 Å². The van der Waals surface area contributed by atoms with Crippen LogP contribution in [0.25, 0.3) is 0 Å². The molecule has 0 saturated heterocycles. The molecule has 20 heavy (non-hydrogen) atoms. The lowest BCUT2D eigenvalue weighted by Gasteiger charge is -2.08. The van der Waals surface area contributed by atoms with Crippen LogP contribution < -0.4 is 16.0 Å². The first-order valence-corrected chi connectivity index (χ1v) is 7.67. The number of nitro benzene ring substituents is 1. The molecule has 0 atom stereocenters. The molecule has 0 aliphatic carbocycles. The summed E-state index contributed by atoms with van der Waals surface area (Å²) in [6.07, 6.45) is 0. The van der Waals surface area contributed by atoms with E-state index in [1.807, 2.05) is 0 Å². The monoisotopic (exact) mass is 314 g/mol. The smallest absolute Gasteiger partial charge is 0.293 e. The average molecular weight is 314 g/mol. The summed E-state index contributed by atoms with van der Waals surface area (Å²) >= 11 is 1.34. The van der Waals surface area contributed by atoms with Gasteiger partial charge in [-0.25, -0.2) is 8.42 Å². The van der Waals surface area contributed by atoms with Crippen molar-refractivity contribution >= 4 is 38.4 Å². The van der Waals surface area contributed by atoms with Gasteiger partial charge in [-0.1, -0.05) is 0 Å². The molecular weight excluding hydrogens is 304 g/mol. The van der Waals surface area contributed by atoms with Crippen molar-refractivity contribution in [1.82, 2.24) is 0 Å². The van der Waals surface area contributed by atoms with Crippen molar-refractivity contribution in [3.05, 3.63) is 45.1 Å². The minimum absolute atomic E-state index is 0.0804. The molecule has 8 nitrogen and oxygen atoms in total. The highest BCUT2D eigenvalue weighted by atomic mass is 32.2. The Morgan fingerprint density at radius 3 is 2.60 bits per heavy atom. The highest BCUT2D eigenvalue weighted by Gasteiger charge is 2.20. The molecule has 1 aromatic heterocycles. The molecule has 0 amide bonds. The number of hydrogen-bond acceptors (Lipinski definition) is 7. The van der Waals surface area contributed by atoms with Gasteiger partial charge in [0.15, 0.2) is 0 Å². The van der Waals surface area contributed by atoms with E-state index in [0.29, 0.717) is 5.69 Å². The van der Waals surface area contributed by atoms with Gasteiger partial charge in [-0.3, -0.25) is 20.7 Å². The molecule has 2 rings (SSSR count). The van der Waals surface area contributed by atoms with Crippen LogP contribution in [-0.4, -0.2) is 13.3 Å². The topological polar surface area (TPSA) is 127 Å². The van der Waals surface area contributed by atoms with Crippen LogP contribution >= 0.6 is 11.3 Å². The summed E-state index contributed by atoms with van der Waals surface area (Å²) in [5.74, 6) is 5.17. The standard InChI is InChI=1S/C10H10N4O4S2/c11-12-9-5-8(1-2-10(9)14(15)16)20(17,18)13-7-3-4-19-6-7/h1-6,12-13H,11H2. The Morgan fingerprint density at radius 1 is 1.30 bits per heavy atom. The Kier molecular flexibility index (Phi) is 3.88. The third-order valence-electron chi connectivity index (χ3n) is 2.40.